The lowest BCUT2D eigenvalue weighted by molar-refractivity contribution is -0.118. The molecule has 0 fully saturated rings. The number of ether oxygens (including phenoxy) is 1. The smallest absolute Gasteiger partial charge is 0.264 e. The number of aromatic nitrogens is 2. The van der Waals surface area contributed by atoms with E-state index in [1.165, 1.54) is 23.1 Å². The number of thioether (sulfide) groups is 1. The van der Waals surface area contributed by atoms with Gasteiger partial charge in [-0.1, -0.05) is 61.2 Å². The number of nitriles is 1. The van der Waals surface area contributed by atoms with Gasteiger partial charge < -0.3 is 4.74 Å². The van der Waals surface area contributed by atoms with E-state index < -0.39 is 0 Å². The fourth-order valence-corrected chi connectivity index (χ4v) is 4.41. The van der Waals surface area contributed by atoms with Gasteiger partial charge in [0, 0.05) is 5.75 Å². The Morgan fingerprint density at radius 1 is 1.23 bits per heavy atom. The Kier molecular flexibility index (Phi) is 7.44. The molecule has 6 nitrogen and oxygen atoms in total. The van der Waals surface area contributed by atoms with Crippen LogP contribution in [0.2, 0.25) is 0 Å². The Balaban J connectivity index is 1.51. The molecular formula is C22H22N4O2S2. The van der Waals surface area contributed by atoms with Gasteiger partial charge in [-0.15, -0.1) is 10.2 Å². The second-order valence-electron chi connectivity index (χ2n) is 7.00. The Bertz CT molecular complexity index is 1060. The first-order valence-electron chi connectivity index (χ1n) is 9.43. The van der Waals surface area contributed by atoms with Crippen LogP contribution in [0.3, 0.4) is 0 Å². The third-order valence-electron chi connectivity index (χ3n) is 4.25. The molecule has 1 N–H and O–H groups in total. The van der Waals surface area contributed by atoms with Gasteiger partial charge in [0.2, 0.25) is 5.13 Å². The van der Waals surface area contributed by atoms with Crippen molar-refractivity contribution in [3.63, 3.8) is 0 Å². The van der Waals surface area contributed by atoms with Crippen molar-refractivity contribution in [3.8, 4) is 11.8 Å². The van der Waals surface area contributed by atoms with Crippen LogP contribution in [0.15, 0.2) is 46.8 Å². The summed E-state index contributed by atoms with van der Waals surface area (Å²) < 4.78 is 6.52. The van der Waals surface area contributed by atoms with Gasteiger partial charge >= 0.3 is 0 Å². The zero-order chi connectivity index (χ0) is 21.5. The van der Waals surface area contributed by atoms with E-state index >= 15 is 0 Å². The molecule has 0 aliphatic rings. The van der Waals surface area contributed by atoms with Gasteiger partial charge in [-0.2, -0.15) is 5.26 Å². The predicted molar refractivity (Wildman–Crippen MR) is 120 cm³/mol. The standard InChI is InChI=1S/C22H22N4O2S2/c1-14(2)18-9-4-15(3)10-19(18)28-12-20(27)24-21-25-26-22(30-21)29-13-17-7-5-16(11-23)6-8-17/h4-10,14H,12-13H2,1-3H3,(H,24,25,27). The van der Waals surface area contributed by atoms with Gasteiger partial charge in [0.15, 0.2) is 10.9 Å². The Morgan fingerprint density at radius 3 is 2.70 bits per heavy atom. The number of carbonyl (C=O) groups is 1. The summed E-state index contributed by atoms with van der Waals surface area (Å²) in [5.74, 6) is 1.48. The molecule has 1 aromatic heterocycles. The fraction of sp³-hybridized carbons (Fsp3) is 0.273. The number of benzene rings is 2. The van der Waals surface area contributed by atoms with Crippen LogP contribution in [-0.4, -0.2) is 22.7 Å². The van der Waals surface area contributed by atoms with E-state index in [4.69, 9.17) is 10.00 Å². The first-order valence-corrected chi connectivity index (χ1v) is 11.2. The van der Waals surface area contributed by atoms with E-state index in [-0.39, 0.29) is 12.5 Å². The van der Waals surface area contributed by atoms with E-state index in [1.54, 1.807) is 12.1 Å². The van der Waals surface area contributed by atoms with Crippen molar-refractivity contribution in [2.45, 2.75) is 36.8 Å². The van der Waals surface area contributed by atoms with Crippen LogP contribution in [0.5, 0.6) is 5.75 Å². The predicted octanol–water partition coefficient (Wildman–Crippen LogP) is 5.15. The van der Waals surface area contributed by atoms with Crippen LogP contribution in [0, 0.1) is 18.3 Å². The van der Waals surface area contributed by atoms with Crippen LogP contribution >= 0.6 is 23.1 Å². The lowest BCUT2D eigenvalue weighted by Crippen LogP contribution is -2.20. The number of anilines is 1. The highest BCUT2D eigenvalue weighted by Gasteiger charge is 2.12. The molecule has 0 unspecified atom stereocenters. The minimum absolute atomic E-state index is 0.0868. The molecule has 8 heteroatoms. The van der Waals surface area contributed by atoms with Crippen molar-refractivity contribution < 1.29 is 9.53 Å². The first kappa shape index (κ1) is 21.8. The molecule has 30 heavy (non-hydrogen) atoms. The molecule has 1 heterocycles. The molecule has 0 radical (unpaired) electrons. The monoisotopic (exact) mass is 438 g/mol. The molecule has 2 aromatic carbocycles. The minimum Gasteiger partial charge on any atom is -0.483 e. The minimum atomic E-state index is -0.272. The summed E-state index contributed by atoms with van der Waals surface area (Å²) in [5.41, 5.74) is 3.89. The lowest BCUT2D eigenvalue weighted by atomic mass is 10.0. The van der Waals surface area contributed by atoms with Crippen LogP contribution in [0.25, 0.3) is 0 Å². The summed E-state index contributed by atoms with van der Waals surface area (Å²) in [4.78, 5) is 12.3. The van der Waals surface area contributed by atoms with Gasteiger partial charge in [0.05, 0.1) is 11.6 Å². The van der Waals surface area contributed by atoms with Gasteiger partial charge in [0.1, 0.15) is 5.75 Å². The third-order valence-corrected chi connectivity index (χ3v) is 6.29. The highest BCUT2D eigenvalue weighted by molar-refractivity contribution is 8.00. The molecule has 0 atom stereocenters. The van der Waals surface area contributed by atoms with E-state index in [0.717, 1.165) is 26.8 Å². The Morgan fingerprint density at radius 2 is 2.00 bits per heavy atom. The number of nitrogens with one attached hydrogen (secondary N) is 1. The lowest BCUT2D eigenvalue weighted by Gasteiger charge is -2.14. The van der Waals surface area contributed by atoms with Crippen LogP contribution < -0.4 is 10.1 Å². The average molecular weight is 439 g/mol. The summed E-state index contributed by atoms with van der Waals surface area (Å²) in [6.07, 6.45) is 0. The highest BCUT2D eigenvalue weighted by Crippen LogP contribution is 2.29. The number of amides is 1. The fourth-order valence-electron chi connectivity index (χ4n) is 2.68. The zero-order valence-corrected chi connectivity index (χ0v) is 18.6. The Labute approximate surface area is 184 Å². The zero-order valence-electron chi connectivity index (χ0n) is 17.0. The molecule has 0 spiro atoms. The van der Waals surface area contributed by atoms with Gasteiger partial charge in [-0.05, 0) is 47.7 Å². The highest BCUT2D eigenvalue weighted by atomic mass is 32.2. The number of aryl methyl sites for hydroxylation is 1. The molecule has 0 saturated carbocycles. The second-order valence-corrected chi connectivity index (χ2v) is 9.20. The summed E-state index contributed by atoms with van der Waals surface area (Å²) in [7, 11) is 0. The summed E-state index contributed by atoms with van der Waals surface area (Å²) in [5, 5.41) is 20.2. The number of rotatable bonds is 8. The van der Waals surface area contributed by atoms with Crippen LogP contribution in [0.4, 0.5) is 5.13 Å². The maximum Gasteiger partial charge on any atom is 0.264 e. The third kappa shape index (κ3) is 6.05. The quantitative estimate of drug-likeness (QED) is 0.386. The first-order chi connectivity index (χ1) is 14.4. The summed E-state index contributed by atoms with van der Waals surface area (Å²) >= 11 is 2.85. The molecule has 154 valence electrons. The topological polar surface area (TPSA) is 87.9 Å². The van der Waals surface area contributed by atoms with E-state index in [9.17, 15) is 4.79 Å². The van der Waals surface area contributed by atoms with Gasteiger partial charge in [0.25, 0.3) is 5.91 Å². The van der Waals surface area contributed by atoms with Crippen molar-refractivity contribution in [1.82, 2.24) is 10.2 Å². The molecule has 3 aromatic rings. The average Bonchev–Trinajstić information content (AvgIpc) is 3.18. The Hall–Kier alpha value is -2.89. The molecule has 1 amide bonds. The van der Waals surface area contributed by atoms with E-state index in [1.807, 2.05) is 37.3 Å². The molecule has 0 saturated heterocycles. The normalized spacial score (nSPS) is 10.6. The van der Waals surface area contributed by atoms with Crippen molar-refractivity contribution in [3.05, 3.63) is 64.7 Å². The maximum absolute atomic E-state index is 12.3. The number of hydrogen-bond donors (Lipinski definition) is 1. The molecule has 0 bridgehead atoms. The van der Waals surface area contributed by atoms with Crippen LogP contribution in [0.1, 0.15) is 42.0 Å². The molecular weight excluding hydrogens is 416 g/mol. The van der Waals surface area contributed by atoms with E-state index in [2.05, 4.69) is 35.4 Å². The summed E-state index contributed by atoms with van der Waals surface area (Å²) in [6, 6.07) is 15.6. The molecule has 0 aliphatic carbocycles. The molecule has 3 rings (SSSR count). The summed E-state index contributed by atoms with van der Waals surface area (Å²) in [6.45, 7) is 6.09. The van der Waals surface area contributed by atoms with Crippen molar-refractivity contribution in [2.75, 3.05) is 11.9 Å². The van der Waals surface area contributed by atoms with Gasteiger partial charge in [-0.3, -0.25) is 10.1 Å². The largest absolute Gasteiger partial charge is 0.483 e. The number of hydrogen-bond acceptors (Lipinski definition) is 7. The van der Waals surface area contributed by atoms with Crippen molar-refractivity contribution in [2.24, 2.45) is 0 Å². The van der Waals surface area contributed by atoms with Gasteiger partial charge in [-0.25, -0.2) is 0 Å². The SMILES string of the molecule is Cc1ccc(C(C)C)c(OCC(=O)Nc2nnc(SCc3ccc(C#N)cc3)s2)c1. The maximum atomic E-state index is 12.3. The molecule has 0 aliphatic heterocycles. The second kappa shape index (κ2) is 10.2. The number of carbonyl (C=O) groups excluding carboxylic acids is 1. The van der Waals surface area contributed by atoms with Crippen molar-refractivity contribution >= 4 is 34.1 Å². The van der Waals surface area contributed by atoms with Crippen molar-refractivity contribution in [1.29, 1.82) is 5.26 Å². The van der Waals surface area contributed by atoms with E-state index in [0.29, 0.717) is 22.4 Å². The number of nitrogens with zero attached hydrogens (tertiary/aromatic N) is 3. The van der Waals surface area contributed by atoms with Crippen LogP contribution in [-0.2, 0) is 10.5 Å².